The van der Waals surface area contributed by atoms with Crippen LogP contribution in [0.1, 0.15) is 35.7 Å². The van der Waals surface area contributed by atoms with Crippen molar-refractivity contribution in [3.8, 4) is 0 Å². The number of benzene rings is 2. The van der Waals surface area contributed by atoms with Crippen LogP contribution in [0.4, 0.5) is 5.69 Å². The summed E-state index contributed by atoms with van der Waals surface area (Å²) in [6, 6.07) is 17.3. The molecule has 7 heteroatoms. The summed E-state index contributed by atoms with van der Waals surface area (Å²) in [5.41, 5.74) is 2.60. The summed E-state index contributed by atoms with van der Waals surface area (Å²) in [6.07, 6.45) is 2.36. The van der Waals surface area contributed by atoms with E-state index in [-0.39, 0.29) is 17.2 Å². The molecule has 0 spiro atoms. The number of rotatable bonds is 6. The standard InChI is InChI=1S/C22H27N3O3S/c1-2-29(27,28)23-20-10-8-18(9-11-20)21(26)24-14-16-25(17-15-24)22(12-13-22)19-6-4-3-5-7-19/h3-11,23H,2,12-17H2,1H3. The third-order valence-electron chi connectivity index (χ3n) is 5.99. The number of carbonyl (C=O) groups excluding carboxylic acids is 1. The lowest BCUT2D eigenvalue weighted by atomic mass is 10.0. The minimum Gasteiger partial charge on any atom is -0.336 e. The van der Waals surface area contributed by atoms with Gasteiger partial charge in [-0.25, -0.2) is 8.42 Å². The van der Waals surface area contributed by atoms with E-state index < -0.39 is 10.0 Å². The number of hydrogen-bond donors (Lipinski definition) is 1. The molecular formula is C22H27N3O3S. The van der Waals surface area contributed by atoms with E-state index in [0.29, 0.717) is 24.3 Å². The molecule has 154 valence electrons. The van der Waals surface area contributed by atoms with Crippen LogP contribution in [-0.2, 0) is 15.6 Å². The molecule has 0 radical (unpaired) electrons. The highest BCUT2D eigenvalue weighted by Gasteiger charge is 2.49. The smallest absolute Gasteiger partial charge is 0.253 e. The quantitative estimate of drug-likeness (QED) is 0.791. The number of piperazine rings is 1. The molecule has 1 amide bonds. The Kier molecular flexibility index (Phi) is 5.36. The molecule has 1 saturated carbocycles. The zero-order chi connectivity index (χ0) is 20.5. The van der Waals surface area contributed by atoms with Gasteiger partial charge in [0.15, 0.2) is 0 Å². The van der Waals surface area contributed by atoms with E-state index in [1.165, 1.54) is 18.4 Å². The Balaban J connectivity index is 1.37. The van der Waals surface area contributed by atoms with Gasteiger partial charge in [-0.1, -0.05) is 30.3 Å². The van der Waals surface area contributed by atoms with Crippen molar-refractivity contribution in [2.45, 2.75) is 25.3 Å². The van der Waals surface area contributed by atoms with Crippen LogP contribution in [0.2, 0.25) is 0 Å². The van der Waals surface area contributed by atoms with E-state index in [1.807, 2.05) is 4.90 Å². The molecule has 2 aromatic carbocycles. The van der Waals surface area contributed by atoms with Gasteiger partial charge in [0.2, 0.25) is 10.0 Å². The lowest BCUT2D eigenvalue weighted by molar-refractivity contribution is 0.0531. The predicted octanol–water partition coefficient (Wildman–Crippen LogP) is 2.90. The summed E-state index contributed by atoms with van der Waals surface area (Å²) in [5, 5.41) is 0. The van der Waals surface area contributed by atoms with E-state index >= 15 is 0 Å². The molecule has 1 aliphatic carbocycles. The Labute approximate surface area is 172 Å². The van der Waals surface area contributed by atoms with Gasteiger partial charge in [0.05, 0.1) is 5.75 Å². The Morgan fingerprint density at radius 2 is 1.59 bits per heavy atom. The second kappa shape index (κ2) is 7.80. The molecule has 0 unspecified atom stereocenters. The second-order valence-corrected chi connectivity index (χ2v) is 9.77. The lowest BCUT2D eigenvalue weighted by Gasteiger charge is -2.40. The third-order valence-corrected chi connectivity index (χ3v) is 7.30. The Morgan fingerprint density at radius 1 is 0.966 bits per heavy atom. The zero-order valence-electron chi connectivity index (χ0n) is 16.7. The highest BCUT2D eigenvalue weighted by molar-refractivity contribution is 7.92. The van der Waals surface area contributed by atoms with Gasteiger partial charge in [-0.15, -0.1) is 0 Å². The van der Waals surface area contributed by atoms with Crippen molar-refractivity contribution < 1.29 is 13.2 Å². The molecule has 6 nitrogen and oxygen atoms in total. The number of sulfonamides is 1. The summed E-state index contributed by atoms with van der Waals surface area (Å²) >= 11 is 0. The highest BCUT2D eigenvalue weighted by atomic mass is 32.2. The summed E-state index contributed by atoms with van der Waals surface area (Å²) in [6.45, 7) is 4.74. The van der Waals surface area contributed by atoms with Crippen molar-refractivity contribution >= 4 is 21.6 Å². The molecule has 1 N–H and O–H groups in total. The molecule has 1 saturated heterocycles. The van der Waals surface area contributed by atoms with Crippen molar-refractivity contribution in [1.29, 1.82) is 0 Å². The van der Waals surface area contributed by atoms with E-state index in [9.17, 15) is 13.2 Å². The number of anilines is 1. The number of nitrogens with zero attached hydrogens (tertiary/aromatic N) is 2. The minimum atomic E-state index is -3.31. The van der Waals surface area contributed by atoms with Crippen molar-refractivity contribution in [3.05, 3.63) is 65.7 Å². The fourth-order valence-electron chi connectivity index (χ4n) is 4.11. The Bertz CT molecular complexity index is 962. The Morgan fingerprint density at radius 3 is 2.14 bits per heavy atom. The van der Waals surface area contributed by atoms with Gasteiger partial charge >= 0.3 is 0 Å². The maximum absolute atomic E-state index is 12.9. The fraction of sp³-hybridized carbons (Fsp3) is 0.409. The van der Waals surface area contributed by atoms with Gasteiger partial charge in [0.1, 0.15) is 0 Å². The first kappa shape index (κ1) is 19.9. The van der Waals surface area contributed by atoms with Gasteiger partial charge in [-0.3, -0.25) is 14.4 Å². The van der Waals surface area contributed by atoms with E-state index in [4.69, 9.17) is 0 Å². The molecular weight excluding hydrogens is 386 g/mol. The molecule has 0 aromatic heterocycles. The topological polar surface area (TPSA) is 69.7 Å². The van der Waals surface area contributed by atoms with Crippen molar-refractivity contribution in [1.82, 2.24) is 9.80 Å². The number of carbonyl (C=O) groups is 1. The maximum atomic E-state index is 12.9. The monoisotopic (exact) mass is 413 g/mol. The second-order valence-electron chi connectivity index (χ2n) is 7.76. The molecule has 2 fully saturated rings. The molecule has 2 aromatic rings. The summed E-state index contributed by atoms with van der Waals surface area (Å²) in [4.78, 5) is 17.3. The van der Waals surface area contributed by atoms with Crippen LogP contribution in [-0.4, -0.2) is 56.1 Å². The predicted molar refractivity (Wildman–Crippen MR) is 114 cm³/mol. The SMILES string of the molecule is CCS(=O)(=O)Nc1ccc(C(=O)N2CCN(C3(c4ccccc4)CC3)CC2)cc1. The summed E-state index contributed by atoms with van der Waals surface area (Å²) in [5.74, 6) is 0.0155. The minimum absolute atomic E-state index is 0.000827. The van der Waals surface area contributed by atoms with Gasteiger partial charge in [0.25, 0.3) is 5.91 Å². The van der Waals surface area contributed by atoms with E-state index in [1.54, 1.807) is 31.2 Å². The fourth-order valence-corrected chi connectivity index (χ4v) is 4.75. The van der Waals surface area contributed by atoms with Gasteiger partial charge in [-0.2, -0.15) is 0 Å². The van der Waals surface area contributed by atoms with Crippen LogP contribution in [0, 0.1) is 0 Å². The van der Waals surface area contributed by atoms with Crippen LogP contribution >= 0.6 is 0 Å². The van der Waals surface area contributed by atoms with Crippen molar-refractivity contribution in [2.75, 3.05) is 36.7 Å². The molecule has 2 aliphatic rings. The van der Waals surface area contributed by atoms with Crippen LogP contribution in [0.5, 0.6) is 0 Å². The van der Waals surface area contributed by atoms with Crippen molar-refractivity contribution in [3.63, 3.8) is 0 Å². The number of hydrogen-bond acceptors (Lipinski definition) is 4. The maximum Gasteiger partial charge on any atom is 0.253 e. The molecule has 0 atom stereocenters. The van der Waals surface area contributed by atoms with Crippen LogP contribution < -0.4 is 4.72 Å². The van der Waals surface area contributed by atoms with Gasteiger partial charge < -0.3 is 4.90 Å². The zero-order valence-corrected chi connectivity index (χ0v) is 17.5. The largest absolute Gasteiger partial charge is 0.336 e. The molecule has 1 aliphatic heterocycles. The Hall–Kier alpha value is -2.38. The number of nitrogens with one attached hydrogen (secondary N) is 1. The van der Waals surface area contributed by atoms with Gasteiger partial charge in [0, 0.05) is 43.0 Å². The first-order chi connectivity index (χ1) is 13.9. The molecule has 4 rings (SSSR count). The first-order valence-corrected chi connectivity index (χ1v) is 11.8. The normalized spacial score (nSPS) is 19.0. The highest BCUT2D eigenvalue weighted by Crippen LogP contribution is 2.51. The van der Waals surface area contributed by atoms with Crippen LogP contribution in [0.3, 0.4) is 0 Å². The lowest BCUT2D eigenvalue weighted by Crippen LogP contribution is -2.52. The molecule has 0 bridgehead atoms. The van der Waals surface area contributed by atoms with E-state index in [2.05, 4.69) is 40.0 Å². The third kappa shape index (κ3) is 4.16. The van der Waals surface area contributed by atoms with Crippen LogP contribution in [0.25, 0.3) is 0 Å². The molecule has 1 heterocycles. The van der Waals surface area contributed by atoms with Gasteiger partial charge in [-0.05, 0) is 49.6 Å². The summed E-state index contributed by atoms with van der Waals surface area (Å²) < 4.78 is 25.8. The first-order valence-electron chi connectivity index (χ1n) is 10.1. The average molecular weight is 414 g/mol. The van der Waals surface area contributed by atoms with Crippen molar-refractivity contribution in [2.24, 2.45) is 0 Å². The molecule has 29 heavy (non-hydrogen) atoms. The average Bonchev–Trinajstić information content (AvgIpc) is 3.56. The van der Waals surface area contributed by atoms with Crippen LogP contribution in [0.15, 0.2) is 54.6 Å². The number of amides is 1. The van der Waals surface area contributed by atoms with E-state index in [0.717, 1.165) is 13.1 Å². The summed E-state index contributed by atoms with van der Waals surface area (Å²) in [7, 11) is -3.31.